The van der Waals surface area contributed by atoms with Gasteiger partial charge in [-0.2, -0.15) is 5.10 Å². The van der Waals surface area contributed by atoms with Crippen LogP contribution in [-0.2, 0) is 11.2 Å². The second-order valence-corrected chi connectivity index (χ2v) is 7.33. The topological polar surface area (TPSA) is 67.4 Å². The number of aromatic nitrogens is 2. The largest absolute Gasteiger partial charge is 0.490 e. The maximum absolute atomic E-state index is 13.6. The molecular weight excluding hydrogens is 404 g/mol. The maximum atomic E-state index is 13.6. The number of carbonyl (C=O) groups is 1. The molecule has 31 heavy (non-hydrogen) atoms. The van der Waals surface area contributed by atoms with Crippen molar-refractivity contribution in [1.82, 2.24) is 15.1 Å². The third-order valence-corrected chi connectivity index (χ3v) is 5.21. The predicted molar refractivity (Wildman–Crippen MR) is 110 cm³/mol. The van der Waals surface area contributed by atoms with Crippen LogP contribution in [0, 0.1) is 11.6 Å². The molecule has 6 nitrogen and oxygen atoms in total. The summed E-state index contributed by atoms with van der Waals surface area (Å²) >= 11 is 0. The smallest absolute Gasteiger partial charge is 0.261 e. The second kappa shape index (κ2) is 9.59. The molecule has 3 aromatic rings. The molecule has 0 aliphatic carbocycles. The van der Waals surface area contributed by atoms with Crippen LogP contribution >= 0.6 is 0 Å². The summed E-state index contributed by atoms with van der Waals surface area (Å²) in [5, 5.41) is 7.35. The van der Waals surface area contributed by atoms with E-state index in [1.165, 1.54) is 30.3 Å². The van der Waals surface area contributed by atoms with Gasteiger partial charge < -0.3 is 14.4 Å². The van der Waals surface area contributed by atoms with Crippen molar-refractivity contribution in [3.05, 3.63) is 77.6 Å². The van der Waals surface area contributed by atoms with Crippen molar-refractivity contribution in [3.63, 3.8) is 0 Å². The zero-order valence-electron chi connectivity index (χ0n) is 16.9. The lowest BCUT2D eigenvalue weighted by Crippen LogP contribution is -2.34. The van der Waals surface area contributed by atoms with Crippen molar-refractivity contribution in [1.29, 1.82) is 0 Å². The molecule has 0 spiro atoms. The van der Waals surface area contributed by atoms with Crippen LogP contribution in [0.3, 0.4) is 0 Å². The molecule has 1 fully saturated rings. The second-order valence-electron chi connectivity index (χ2n) is 7.33. The van der Waals surface area contributed by atoms with Crippen molar-refractivity contribution >= 4 is 5.91 Å². The molecule has 2 aromatic carbocycles. The summed E-state index contributed by atoms with van der Waals surface area (Å²) in [6.45, 7) is 0.826. The number of nitrogens with one attached hydrogen (secondary N) is 1. The standard InChI is InChI=1S/C23H23F2N3O3/c24-16-7-9-18(10-8-16)31-15-23(29)28-12-3-5-21(28)20-14-17(26-27-20)11-13-30-22-6-2-1-4-19(22)25/h1-2,4,6-10,14,21H,3,5,11-13,15H2,(H,26,27). The van der Waals surface area contributed by atoms with Gasteiger partial charge in [0.2, 0.25) is 0 Å². The van der Waals surface area contributed by atoms with Crippen molar-refractivity contribution in [2.24, 2.45) is 0 Å². The molecule has 2 heterocycles. The van der Waals surface area contributed by atoms with Crippen molar-refractivity contribution in [3.8, 4) is 11.5 Å². The first kappa shape index (κ1) is 20.8. The van der Waals surface area contributed by atoms with E-state index in [0.29, 0.717) is 25.3 Å². The number of para-hydroxylation sites is 1. The Morgan fingerprint density at radius 3 is 2.74 bits per heavy atom. The minimum atomic E-state index is -0.393. The third kappa shape index (κ3) is 5.20. The fraction of sp³-hybridized carbons (Fsp3) is 0.304. The molecule has 1 N–H and O–H groups in total. The van der Waals surface area contributed by atoms with Crippen LogP contribution in [0.5, 0.6) is 11.5 Å². The van der Waals surface area contributed by atoms with Crippen LogP contribution in [0.25, 0.3) is 0 Å². The van der Waals surface area contributed by atoms with E-state index in [4.69, 9.17) is 9.47 Å². The van der Waals surface area contributed by atoms with Crippen LogP contribution in [0.1, 0.15) is 30.3 Å². The molecule has 4 rings (SSSR count). The van der Waals surface area contributed by atoms with Gasteiger partial charge in [0.05, 0.1) is 18.3 Å². The normalized spacial score (nSPS) is 15.8. The summed E-state index contributed by atoms with van der Waals surface area (Å²) in [5.74, 6) is -0.222. The van der Waals surface area contributed by atoms with Gasteiger partial charge in [-0.05, 0) is 55.3 Å². The lowest BCUT2D eigenvalue weighted by atomic mass is 10.1. The summed E-state index contributed by atoms with van der Waals surface area (Å²) in [5.41, 5.74) is 1.64. The first-order valence-corrected chi connectivity index (χ1v) is 10.2. The van der Waals surface area contributed by atoms with E-state index in [1.807, 2.05) is 6.07 Å². The maximum Gasteiger partial charge on any atom is 0.261 e. The van der Waals surface area contributed by atoms with Gasteiger partial charge in [0.1, 0.15) is 11.6 Å². The van der Waals surface area contributed by atoms with E-state index in [-0.39, 0.29) is 30.1 Å². The van der Waals surface area contributed by atoms with E-state index in [1.54, 1.807) is 23.1 Å². The van der Waals surface area contributed by atoms with Gasteiger partial charge in [-0.1, -0.05) is 12.1 Å². The highest BCUT2D eigenvalue weighted by atomic mass is 19.1. The van der Waals surface area contributed by atoms with Gasteiger partial charge in [0.15, 0.2) is 18.2 Å². The number of H-pyrrole nitrogens is 1. The molecule has 1 amide bonds. The number of aromatic amines is 1. The molecule has 0 bridgehead atoms. The Labute approximate surface area is 178 Å². The fourth-order valence-electron chi connectivity index (χ4n) is 3.64. The zero-order valence-corrected chi connectivity index (χ0v) is 16.9. The first-order chi connectivity index (χ1) is 15.1. The lowest BCUT2D eigenvalue weighted by Gasteiger charge is -2.23. The van der Waals surface area contributed by atoms with Gasteiger partial charge in [-0.3, -0.25) is 9.89 Å². The minimum absolute atomic E-state index is 0.115. The number of ether oxygens (including phenoxy) is 2. The van der Waals surface area contributed by atoms with E-state index in [2.05, 4.69) is 10.2 Å². The summed E-state index contributed by atoms with van der Waals surface area (Å²) in [7, 11) is 0. The average molecular weight is 427 g/mol. The number of benzene rings is 2. The summed E-state index contributed by atoms with van der Waals surface area (Å²) < 4.78 is 37.6. The number of hydrogen-bond acceptors (Lipinski definition) is 4. The Bertz CT molecular complexity index is 1020. The van der Waals surface area contributed by atoms with E-state index >= 15 is 0 Å². The van der Waals surface area contributed by atoms with E-state index in [0.717, 1.165) is 24.2 Å². The van der Waals surface area contributed by atoms with E-state index in [9.17, 15) is 13.6 Å². The van der Waals surface area contributed by atoms with Gasteiger partial charge in [-0.25, -0.2) is 8.78 Å². The monoisotopic (exact) mass is 427 g/mol. The molecule has 162 valence electrons. The van der Waals surface area contributed by atoms with Crippen LogP contribution in [0.15, 0.2) is 54.6 Å². The Hall–Kier alpha value is -3.42. The lowest BCUT2D eigenvalue weighted by molar-refractivity contribution is -0.134. The van der Waals surface area contributed by atoms with Crippen LogP contribution in [0.2, 0.25) is 0 Å². The highest BCUT2D eigenvalue weighted by Crippen LogP contribution is 2.31. The zero-order chi connectivity index (χ0) is 21.6. The van der Waals surface area contributed by atoms with Gasteiger partial charge >= 0.3 is 0 Å². The number of amides is 1. The quantitative estimate of drug-likeness (QED) is 0.589. The number of carbonyl (C=O) groups excluding carboxylic acids is 1. The van der Waals surface area contributed by atoms with Crippen molar-refractivity contribution in [2.75, 3.05) is 19.8 Å². The van der Waals surface area contributed by atoms with Gasteiger partial charge in [0, 0.05) is 18.7 Å². The molecule has 8 heteroatoms. The fourth-order valence-corrected chi connectivity index (χ4v) is 3.64. The van der Waals surface area contributed by atoms with Crippen molar-refractivity contribution in [2.45, 2.75) is 25.3 Å². The van der Waals surface area contributed by atoms with Crippen molar-refractivity contribution < 1.29 is 23.0 Å². The molecule has 1 saturated heterocycles. The highest BCUT2D eigenvalue weighted by Gasteiger charge is 2.31. The summed E-state index contributed by atoms with van der Waals surface area (Å²) in [4.78, 5) is 14.4. The first-order valence-electron chi connectivity index (χ1n) is 10.2. The summed E-state index contributed by atoms with van der Waals surface area (Å²) in [6.07, 6.45) is 2.24. The minimum Gasteiger partial charge on any atom is -0.490 e. The summed E-state index contributed by atoms with van der Waals surface area (Å²) in [6, 6.07) is 13.6. The molecule has 1 aliphatic rings. The average Bonchev–Trinajstić information content (AvgIpc) is 3.44. The molecule has 1 aliphatic heterocycles. The molecule has 0 radical (unpaired) electrons. The number of nitrogens with zero attached hydrogens (tertiary/aromatic N) is 2. The molecule has 1 unspecified atom stereocenters. The molecule has 1 atom stereocenters. The third-order valence-electron chi connectivity index (χ3n) is 5.21. The molecule has 1 aromatic heterocycles. The molecule has 0 saturated carbocycles. The van der Waals surface area contributed by atoms with Crippen LogP contribution in [0.4, 0.5) is 8.78 Å². The Balaban J connectivity index is 1.31. The SMILES string of the molecule is O=C(COc1ccc(F)cc1)N1CCCC1c1cc(CCOc2ccccc2F)[nH]n1. The van der Waals surface area contributed by atoms with Gasteiger partial charge in [-0.15, -0.1) is 0 Å². The Kier molecular flexibility index (Phi) is 6.45. The number of rotatable bonds is 8. The Morgan fingerprint density at radius 1 is 1.13 bits per heavy atom. The number of hydrogen-bond donors (Lipinski definition) is 1. The Morgan fingerprint density at radius 2 is 1.94 bits per heavy atom. The van der Waals surface area contributed by atoms with E-state index < -0.39 is 5.82 Å². The molecular formula is C23H23F2N3O3. The highest BCUT2D eigenvalue weighted by molar-refractivity contribution is 5.78. The number of likely N-dealkylation sites (tertiary alicyclic amines) is 1. The van der Waals surface area contributed by atoms with Crippen LogP contribution in [-0.4, -0.2) is 40.8 Å². The van der Waals surface area contributed by atoms with Crippen LogP contribution < -0.4 is 9.47 Å². The predicted octanol–water partition coefficient (Wildman–Crippen LogP) is 4.05. The van der Waals surface area contributed by atoms with Gasteiger partial charge in [0.25, 0.3) is 5.91 Å². The number of halogens is 2.